The quantitative estimate of drug-likeness (QED) is 0.859. The molecule has 1 aliphatic rings. The molecule has 9 heteroatoms. The van der Waals surface area contributed by atoms with Gasteiger partial charge in [-0.05, 0) is 30.9 Å². The molecule has 1 aromatic heterocycles. The second-order valence-corrected chi connectivity index (χ2v) is 7.10. The van der Waals surface area contributed by atoms with E-state index in [4.69, 9.17) is 5.73 Å². The fraction of sp³-hybridized carbons (Fsp3) is 0.615. The molecule has 0 radical (unpaired) electrons. The Labute approximate surface area is 127 Å². The summed E-state index contributed by atoms with van der Waals surface area (Å²) in [7, 11) is -3.93. The molecule has 1 saturated carbocycles. The molecular weight excluding hydrogens is 319 g/mol. The molecule has 1 aromatic rings. The molecular formula is C13H18F3N3O2S. The average molecular weight is 337 g/mol. The van der Waals surface area contributed by atoms with Crippen LogP contribution in [0.2, 0.25) is 0 Å². The van der Waals surface area contributed by atoms with Crippen molar-refractivity contribution in [3.05, 3.63) is 24.0 Å². The highest BCUT2D eigenvalue weighted by molar-refractivity contribution is 7.89. The van der Waals surface area contributed by atoms with Gasteiger partial charge in [0.05, 0.1) is 0 Å². The Morgan fingerprint density at radius 2 is 1.95 bits per heavy atom. The van der Waals surface area contributed by atoms with Crippen LogP contribution in [0, 0.1) is 5.92 Å². The van der Waals surface area contributed by atoms with Crippen LogP contribution in [-0.4, -0.2) is 26.0 Å². The zero-order valence-electron chi connectivity index (χ0n) is 11.8. The third-order valence-corrected chi connectivity index (χ3v) is 5.34. The van der Waals surface area contributed by atoms with Gasteiger partial charge in [0, 0.05) is 18.8 Å². The summed E-state index contributed by atoms with van der Waals surface area (Å²) < 4.78 is 64.3. The molecule has 124 valence electrons. The molecule has 1 atom stereocenters. The third kappa shape index (κ3) is 3.96. The number of nitrogens with two attached hydrogens (primary N) is 1. The summed E-state index contributed by atoms with van der Waals surface area (Å²) in [5.41, 5.74) is 4.50. The molecule has 0 bridgehead atoms. The van der Waals surface area contributed by atoms with Gasteiger partial charge in [-0.25, -0.2) is 13.1 Å². The second kappa shape index (κ2) is 6.51. The van der Waals surface area contributed by atoms with E-state index in [2.05, 4.69) is 9.71 Å². The van der Waals surface area contributed by atoms with Crippen LogP contribution in [0.3, 0.4) is 0 Å². The number of alkyl halides is 3. The Hall–Kier alpha value is -1.19. The first-order chi connectivity index (χ1) is 10.2. The SMILES string of the molecule is NCC(NS(=O)(=O)c1ccc(C(F)(F)F)nc1)C1CCCC1. The number of halogens is 3. The van der Waals surface area contributed by atoms with Crippen LogP contribution in [0.15, 0.2) is 23.2 Å². The maximum absolute atomic E-state index is 12.4. The zero-order valence-corrected chi connectivity index (χ0v) is 12.6. The topological polar surface area (TPSA) is 85.1 Å². The minimum absolute atomic E-state index is 0.151. The van der Waals surface area contributed by atoms with Crippen LogP contribution in [0.25, 0.3) is 0 Å². The number of pyridine rings is 1. The molecule has 5 nitrogen and oxygen atoms in total. The van der Waals surface area contributed by atoms with Gasteiger partial charge in [0.1, 0.15) is 10.6 Å². The number of hydrogen-bond acceptors (Lipinski definition) is 4. The van der Waals surface area contributed by atoms with Crippen molar-refractivity contribution in [1.82, 2.24) is 9.71 Å². The van der Waals surface area contributed by atoms with E-state index >= 15 is 0 Å². The molecule has 2 rings (SSSR count). The summed E-state index contributed by atoms with van der Waals surface area (Å²) in [4.78, 5) is 2.88. The molecule has 1 fully saturated rings. The molecule has 3 N–H and O–H groups in total. The fourth-order valence-electron chi connectivity index (χ4n) is 2.67. The summed E-state index contributed by atoms with van der Waals surface area (Å²) in [6.45, 7) is 0.151. The van der Waals surface area contributed by atoms with Gasteiger partial charge in [0.2, 0.25) is 10.0 Å². The van der Waals surface area contributed by atoms with E-state index in [0.29, 0.717) is 12.3 Å². The van der Waals surface area contributed by atoms with Crippen molar-refractivity contribution in [2.24, 2.45) is 11.7 Å². The van der Waals surface area contributed by atoms with Crippen molar-refractivity contribution < 1.29 is 21.6 Å². The van der Waals surface area contributed by atoms with Crippen LogP contribution in [-0.2, 0) is 16.2 Å². The number of sulfonamides is 1. The third-order valence-electron chi connectivity index (χ3n) is 3.87. The summed E-state index contributed by atoms with van der Waals surface area (Å²) in [5, 5.41) is 0. The molecule has 0 aromatic carbocycles. The molecule has 1 heterocycles. The number of nitrogens with zero attached hydrogens (tertiary/aromatic N) is 1. The van der Waals surface area contributed by atoms with Gasteiger partial charge in [-0.2, -0.15) is 13.2 Å². The van der Waals surface area contributed by atoms with Crippen LogP contribution in [0.4, 0.5) is 13.2 Å². The van der Waals surface area contributed by atoms with Crippen molar-refractivity contribution in [3.63, 3.8) is 0 Å². The lowest BCUT2D eigenvalue weighted by Crippen LogP contribution is -2.44. The summed E-state index contributed by atoms with van der Waals surface area (Å²) >= 11 is 0. The Balaban J connectivity index is 2.15. The number of hydrogen-bond donors (Lipinski definition) is 2. The predicted molar refractivity (Wildman–Crippen MR) is 74.4 cm³/mol. The molecule has 0 saturated heterocycles. The number of nitrogens with one attached hydrogen (secondary N) is 1. The predicted octanol–water partition coefficient (Wildman–Crippen LogP) is 1.90. The van der Waals surface area contributed by atoms with E-state index in [0.717, 1.165) is 31.7 Å². The van der Waals surface area contributed by atoms with Gasteiger partial charge >= 0.3 is 6.18 Å². The summed E-state index contributed by atoms with van der Waals surface area (Å²) in [5.74, 6) is 0.169. The maximum Gasteiger partial charge on any atom is 0.433 e. The molecule has 0 amide bonds. The molecule has 0 spiro atoms. The number of aromatic nitrogens is 1. The largest absolute Gasteiger partial charge is 0.433 e. The minimum Gasteiger partial charge on any atom is -0.329 e. The van der Waals surface area contributed by atoms with E-state index in [-0.39, 0.29) is 17.4 Å². The van der Waals surface area contributed by atoms with Crippen LogP contribution in [0.1, 0.15) is 31.4 Å². The second-order valence-electron chi connectivity index (χ2n) is 5.38. The highest BCUT2D eigenvalue weighted by atomic mass is 32.2. The maximum atomic E-state index is 12.4. The summed E-state index contributed by atoms with van der Waals surface area (Å²) in [6, 6.07) is 1.15. The van der Waals surface area contributed by atoms with E-state index < -0.39 is 27.9 Å². The van der Waals surface area contributed by atoms with Gasteiger partial charge in [0.25, 0.3) is 0 Å². The molecule has 0 aliphatic heterocycles. The minimum atomic E-state index is -4.60. The lowest BCUT2D eigenvalue weighted by atomic mass is 9.99. The van der Waals surface area contributed by atoms with Gasteiger partial charge < -0.3 is 5.73 Å². The van der Waals surface area contributed by atoms with Crippen molar-refractivity contribution >= 4 is 10.0 Å². The Morgan fingerprint density at radius 1 is 1.32 bits per heavy atom. The first-order valence-electron chi connectivity index (χ1n) is 6.99. The first kappa shape index (κ1) is 17.2. The normalized spacial score (nSPS) is 18.5. The lowest BCUT2D eigenvalue weighted by Gasteiger charge is -2.22. The molecule has 22 heavy (non-hydrogen) atoms. The smallest absolute Gasteiger partial charge is 0.329 e. The van der Waals surface area contributed by atoms with Crippen LogP contribution < -0.4 is 10.5 Å². The highest BCUT2D eigenvalue weighted by Crippen LogP contribution is 2.29. The van der Waals surface area contributed by atoms with Crippen molar-refractivity contribution in [1.29, 1.82) is 0 Å². The Morgan fingerprint density at radius 3 is 2.41 bits per heavy atom. The monoisotopic (exact) mass is 337 g/mol. The van der Waals surface area contributed by atoms with Gasteiger partial charge in [0.15, 0.2) is 0 Å². The van der Waals surface area contributed by atoms with Crippen molar-refractivity contribution in [3.8, 4) is 0 Å². The van der Waals surface area contributed by atoms with Crippen LogP contribution in [0.5, 0.6) is 0 Å². The Bertz CT molecular complexity index is 596. The van der Waals surface area contributed by atoms with Gasteiger partial charge in [-0.3, -0.25) is 4.98 Å². The standard InChI is InChI=1S/C13H18F3N3O2S/c14-13(15,16)12-6-5-10(8-18-12)22(20,21)19-11(7-17)9-3-1-2-4-9/h5-6,8-9,11,19H,1-4,7,17H2. The lowest BCUT2D eigenvalue weighted by molar-refractivity contribution is -0.141. The zero-order chi connectivity index (χ0) is 16.4. The summed E-state index contributed by atoms with van der Waals surface area (Å²) in [6.07, 6.45) is -0.0203. The van der Waals surface area contributed by atoms with Crippen LogP contribution >= 0.6 is 0 Å². The van der Waals surface area contributed by atoms with E-state index in [9.17, 15) is 21.6 Å². The van der Waals surface area contributed by atoms with E-state index in [1.807, 2.05) is 0 Å². The van der Waals surface area contributed by atoms with Gasteiger partial charge in [-0.15, -0.1) is 0 Å². The van der Waals surface area contributed by atoms with Crippen molar-refractivity contribution in [2.75, 3.05) is 6.54 Å². The average Bonchev–Trinajstić information content (AvgIpc) is 2.98. The van der Waals surface area contributed by atoms with Gasteiger partial charge in [-0.1, -0.05) is 12.8 Å². The molecule has 1 unspecified atom stereocenters. The highest BCUT2D eigenvalue weighted by Gasteiger charge is 2.33. The first-order valence-corrected chi connectivity index (χ1v) is 8.48. The molecule has 1 aliphatic carbocycles. The van der Waals surface area contributed by atoms with E-state index in [1.54, 1.807) is 0 Å². The van der Waals surface area contributed by atoms with E-state index in [1.165, 1.54) is 0 Å². The fourth-order valence-corrected chi connectivity index (χ4v) is 3.93. The van der Waals surface area contributed by atoms with Crippen molar-refractivity contribution in [2.45, 2.75) is 42.8 Å². The number of rotatable bonds is 5. The Kier molecular flexibility index (Phi) is 5.08.